The molecule has 25 heavy (non-hydrogen) atoms. The van der Waals surface area contributed by atoms with Crippen LogP contribution in [0.3, 0.4) is 0 Å². The van der Waals surface area contributed by atoms with Gasteiger partial charge in [-0.15, -0.1) is 0 Å². The average molecular weight is 369 g/mol. The van der Waals surface area contributed by atoms with E-state index in [9.17, 15) is 31.8 Å². The molecule has 2 N–H and O–H groups in total. The lowest BCUT2D eigenvalue weighted by molar-refractivity contribution is -0.137. The summed E-state index contributed by atoms with van der Waals surface area (Å²) in [6.07, 6.45) is -3.67. The number of halogens is 3. The molecule has 0 aliphatic rings. The molecular weight excluding hydrogens is 359 g/mol. The first kappa shape index (κ1) is 18.4. The second kappa shape index (κ2) is 6.49. The third-order valence-corrected chi connectivity index (χ3v) is 4.87. The van der Waals surface area contributed by atoms with E-state index in [1.807, 2.05) is 0 Å². The van der Waals surface area contributed by atoms with Crippen LogP contribution in [0.5, 0.6) is 11.5 Å². The molecule has 0 heterocycles. The number of nitriles is 1. The summed E-state index contributed by atoms with van der Waals surface area (Å²) in [5.41, 5.74) is -0.903. The molecule has 9 heteroatoms. The molecule has 0 unspecified atom stereocenters. The molecule has 0 aromatic heterocycles. The largest absolute Gasteiger partial charge is 0.504 e. The van der Waals surface area contributed by atoms with Gasteiger partial charge < -0.3 is 10.2 Å². The van der Waals surface area contributed by atoms with E-state index in [0.717, 1.165) is 30.3 Å². The summed E-state index contributed by atoms with van der Waals surface area (Å²) in [7, 11) is -4.35. The number of benzene rings is 2. The molecule has 0 fully saturated rings. The normalized spacial score (nSPS) is 12.6. The topological polar surface area (TPSA) is 98.4 Å². The molecule has 0 bridgehead atoms. The number of alkyl halides is 3. The first-order valence-electron chi connectivity index (χ1n) is 6.62. The van der Waals surface area contributed by atoms with Gasteiger partial charge in [-0.25, -0.2) is 8.42 Å². The van der Waals surface area contributed by atoms with Crippen LogP contribution < -0.4 is 0 Å². The van der Waals surface area contributed by atoms with Crippen LogP contribution in [-0.2, 0) is 16.0 Å². The molecule has 2 rings (SSSR count). The van der Waals surface area contributed by atoms with Crippen LogP contribution in [0.2, 0.25) is 0 Å². The van der Waals surface area contributed by atoms with E-state index >= 15 is 0 Å². The minimum absolute atomic E-state index is 0.113. The number of allylic oxidation sites excluding steroid dienone is 1. The van der Waals surface area contributed by atoms with Gasteiger partial charge in [0, 0.05) is 0 Å². The molecular formula is C16H10F3NO4S. The molecule has 0 radical (unpaired) electrons. The zero-order chi connectivity index (χ0) is 18.8. The Morgan fingerprint density at radius 3 is 2.12 bits per heavy atom. The van der Waals surface area contributed by atoms with Gasteiger partial charge in [-0.2, -0.15) is 18.4 Å². The number of rotatable bonds is 3. The third kappa shape index (κ3) is 3.92. The van der Waals surface area contributed by atoms with Crippen molar-refractivity contribution in [1.82, 2.24) is 0 Å². The van der Waals surface area contributed by atoms with E-state index in [1.54, 1.807) is 0 Å². The molecule has 2 aromatic rings. The van der Waals surface area contributed by atoms with Crippen LogP contribution in [0, 0.1) is 11.3 Å². The van der Waals surface area contributed by atoms with Crippen molar-refractivity contribution in [2.45, 2.75) is 11.1 Å². The highest BCUT2D eigenvalue weighted by Gasteiger charge is 2.31. The van der Waals surface area contributed by atoms with E-state index in [0.29, 0.717) is 12.1 Å². The van der Waals surface area contributed by atoms with Crippen molar-refractivity contribution >= 4 is 15.9 Å². The Bertz CT molecular complexity index is 972. The Balaban J connectivity index is 2.47. The Morgan fingerprint density at radius 1 is 1.04 bits per heavy atom. The van der Waals surface area contributed by atoms with Gasteiger partial charge in [0.25, 0.3) is 0 Å². The maximum atomic E-state index is 12.5. The zero-order valence-electron chi connectivity index (χ0n) is 12.3. The zero-order valence-corrected chi connectivity index (χ0v) is 13.1. The van der Waals surface area contributed by atoms with Crippen LogP contribution in [0.1, 0.15) is 11.1 Å². The first-order chi connectivity index (χ1) is 11.6. The molecule has 2 aromatic carbocycles. The molecule has 0 spiro atoms. The van der Waals surface area contributed by atoms with Crippen molar-refractivity contribution in [3.8, 4) is 17.6 Å². The standard InChI is InChI=1S/C16H10F3NO4S/c17-16(18,19)11-2-4-12(5-3-11)25(23,24)13(9-20)7-10-1-6-14(21)15(22)8-10/h1-8,21-22H/b13-7-. The van der Waals surface area contributed by atoms with Crippen LogP contribution >= 0.6 is 0 Å². The third-order valence-electron chi connectivity index (χ3n) is 3.19. The minimum atomic E-state index is -4.61. The van der Waals surface area contributed by atoms with Crippen molar-refractivity contribution in [3.63, 3.8) is 0 Å². The fourth-order valence-corrected chi connectivity index (χ4v) is 3.06. The summed E-state index contributed by atoms with van der Waals surface area (Å²) < 4.78 is 62.4. The molecule has 0 saturated heterocycles. The van der Waals surface area contributed by atoms with E-state index < -0.39 is 42.9 Å². The molecule has 0 atom stereocenters. The van der Waals surface area contributed by atoms with E-state index in [4.69, 9.17) is 5.26 Å². The lowest BCUT2D eigenvalue weighted by Crippen LogP contribution is -2.07. The molecule has 0 aliphatic carbocycles. The molecule has 0 saturated carbocycles. The lowest BCUT2D eigenvalue weighted by Gasteiger charge is -2.08. The number of nitrogens with zero attached hydrogens (tertiary/aromatic N) is 1. The number of phenols is 2. The van der Waals surface area contributed by atoms with E-state index in [1.165, 1.54) is 12.1 Å². The Morgan fingerprint density at radius 2 is 1.64 bits per heavy atom. The number of sulfone groups is 1. The highest BCUT2D eigenvalue weighted by molar-refractivity contribution is 7.95. The summed E-state index contributed by atoms with van der Waals surface area (Å²) in [5, 5.41) is 27.7. The Hall–Kier alpha value is -2.99. The molecule has 0 aliphatic heterocycles. The fraction of sp³-hybridized carbons (Fsp3) is 0.0625. The van der Waals surface area contributed by atoms with Crippen molar-refractivity contribution in [3.05, 3.63) is 58.5 Å². The van der Waals surface area contributed by atoms with Gasteiger partial charge in [0.15, 0.2) is 11.5 Å². The smallest absolute Gasteiger partial charge is 0.416 e. The minimum Gasteiger partial charge on any atom is -0.504 e. The second-order valence-corrected chi connectivity index (χ2v) is 6.81. The number of phenolic OH excluding ortho intramolecular Hbond substituents is 2. The van der Waals surface area contributed by atoms with Gasteiger partial charge in [0.1, 0.15) is 11.0 Å². The molecule has 130 valence electrons. The lowest BCUT2D eigenvalue weighted by atomic mass is 10.2. The summed E-state index contributed by atoms with van der Waals surface area (Å²) in [5.74, 6) is -0.945. The van der Waals surface area contributed by atoms with Crippen LogP contribution in [-0.4, -0.2) is 18.6 Å². The highest BCUT2D eigenvalue weighted by atomic mass is 32.2. The summed E-state index contributed by atoms with van der Waals surface area (Å²) >= 11 is 0. The first-order valence-corrected chi connectivity index (χ1v) is 8.10. The average Bonchev–Trinajstić information content (AvgIpc) is 2.55. The predicted octanol–water partition coefficient (Wildman–Crippen LogP) is 3.45. The van der Waals surface area contributed by atoms with Gasteiger partial charge in [0.05, 0.1) is 10.5 Å². The maximum absolute atomic E-state index is 12.5. The fourth-order valence-electron chi connectivity index (χ4n) is 1.90. The monoisotopic (exact) mass is 369 g/mol. The molecule has 0 amide bonds. The Labute approximate surface area is 140 Å². The van der Waals surface area contributed by atoms with Crippen LogP contribution in [0.15, 0.2) is 52.3 Å². The van der Waals surface area contributed by atoms with Crippen molar-refractivity contribution < 1.29 is 31.8 Å². The maximum Gasteiger partial charge on any atom is 0.416 e. The summed E-state index contributed by atoms with van der Waals surface area (Å²) in [6.45, 7) is 0. The molecule has 5 nitrogen and oxygen atoms in total. The van der Waals surface area contributed by atoms with Gasteiger partial charge >= 0.3 is 6.18 Å². The highest BCUT2D eigenvalue weighted by Crippen LogP contribution is 2.31. The Kier molecular flexibility index (Phi) is 4.76. The van der Waals surface area contributed by atoms with Gasteiger partial charge in [-0.1, -0.05) is 6.07 Å². The van der Waals surface area contributed by atoms with Gasteiger partial charge in [-0.05, 0) is 48.0 Å². The van der Waals surface area contributed by atoms with E-state index in [2.05, 4.69) is 0 Å². The number of hydrogen-bond acceptors (Lipinski definition) is 5. The number of hydrogen-bond donors (Lipinski definition) is 2. The van der Waals surface area contributed by atoms with Crippen molar-refractivity contribution in [1.29, 1.82) is 5.26 Å². The van der Waals surface area contributed by atoms with Crippen LogP contribution in [0.4, 0.5) is 13.2 Å². The summed E-state index contributed by atoms with van der Waals surface area (Å²) in [4.78, 5) is -1.20. The second-order valence-electron chi connectivity index (χ2n) is 4.89. The SMILES string of the molecule is N#C/C(=C/c1ccc(O)c(O)c1)S(=O)(=O)c1ccc(C(F)(F)F)cc1. The van der Waals surface area contributed by atoms with Crippen LogP contribution in [0.25, 0.3) is 6.08 Å². The van der Waals surface area contributed by atoms with Gasteiger partial charge in [0.2, 0.25) is 9.84 Å². The van der Waals surface area contributed by atoms with Gasteiger partial charge in [-0.3, -0.25) is 0 Å². The number of aromatic hydroxyl groups is 2. The quantitative estimate of drug-likeness (QED) is 0.638. The van der Waals surface area contributed by atoms with E-state index in [-0.39, 0.29) is 5.56 Å². The van der Waals surface area contributed by atoms with Crippen molar-refractivity contribution in [2.24, 2.45) is 0 Å². The van der Waals surface area contributed by atoms with Crippen molar-refractivity contribution in [2.75, 3.05) is 0 Å². The summed E-state index contributed by atoms with van der Waals surface area (Å²) in [6, 6.07) is 7.60. The predicted molar refractivity (Wildman–Crippen MR) is 82.0 cm³/mol.